The van der Waals surface area contributed by atoms with Crippen LogP contribution in [0.5, 0.6) is 0 Å². The van der Waals surface area contributed by atoms with E-state index in [1.807, 2.05) is 22.7 Å². The quantitative estimate of drug-likeness (QED) is 0.174. The van der Waals surface area contributed by atoms with Gasteiger partial charge in [-0.1, -0.05) is 170 Å². The normalized spacial score (nSPS) is 12.1. The van der Waals surface area contributed by atoms with Gasteiger partial charge in [-0.05, 0) is 79.4 Å². The van der Waals surface area contributed by atoms with Crippen LogP contribution in [0.4, 0.5) is 0 Å². The molecule has 4 heteroatoms. The number of hydrogen-bond acceptors (Lipinski definition) is 3. The molecule has 13 rings (SSSR count). The van der Waals surface area contributed by atoms with Crippen molar-refractivity contribution >= 4 is 101 Å². The number of aromatic nitrogens is 2. The summed E-state index contributed by atoms with van der Waals surface area (Å²) >= 11 is 3.72. The molecule has 0 aliphatic carbocycles. The number of thiophene rings is 2. The van der Waals surface area contributed by atoms with Gasteiger partial charge >= 0.3 is 0 Å². The minimum absolute atomic E-state index is 1.01. The Morgan fingerprint density at radius 1 is 0.356 bits per heavy atom. The molecule has 274 valence electrons. The van der Waals surface area contributed by atoms with E-state index in [1.165, 1.54) is 95.3 Å². The summed E-state index contributed by atoms with van der Waals surface area (Å²) in [6, 6.07) is 71.3. The Balaban J connectivity index is 0.914. The summed E-state index contributed by atoms with van der Waals surface area (Å²) in [6.07, 6.45) is 0. The highest BCUT2D eigenvalue weighted by Crippen LogP contribution is 2.44. The number of imidazole rings is 1. The second kappa shape index (κ2) is 12.7. The molecular weight excluding hydrogens is 753 g/mol. The molecule has 0 saturated heterocycles. The van der Waals surface area contributed by atoms with E-state index in [0.29, 0.717) is 0 Å². The van der Waals surface area contributed by atoms with E-state index in [1.54, 1.807) is 0 Å². The first kappa shape index (κ1) is 32.9. The molecule has 0 atom stereocenters. The smallest absolute Gasteiger partial charge is 0.156 e. The summed E-state index contributed by atoms with van der Waals surface area (Å²) in [5.41, 5.74) is 12.9. The number of nitrogens with zero attached hydrogens (tertiary/aromatic N) is 2. The molecule has 0 spiro atoms. The lowest BCUT2D eigenvalue weighted by molar-refractivity contribution is 1.25. The van der Waals surface area contributed by atoms with Crippen molar-refractivity contribution in [2.24, 2.45) is 0 Å². The maximum atomic E-state index is 5.40. The molecule has 0 saturated carbocycles. The fraction of sp³-hybridized carbons (Fsp3) is 0. The summed E-state index contributed by atoms with van der Waals surface area (Å²) in [5.74, 6) is 0. The Hall–Kier alpha value is -7.11. The Bertz CT molecular complexity index is 3830. The molecule has 0 amide bonds. The lowest BCUT2D eigenvalue weighted by Gasteiger charge is -2.14. The second-order valence-corrected chi connectivity index (χ2v) is 17.5. The Labute approximate surface area is 347 Å². The number of pyridine rings is 1. The molecular formula is C55H32N2S2. The fourth-order valence-electron chi connectivity index (χ4n) is 9.42. The highest BCUT2D eigenvalue weighted by Gasteiger charge is 2.19. The summed E-state index contributed by atoms with van der Waals surface area (Å²) in [4.78, 5) is 5.40. The van der Waals surface area contributed by atoms with Crippen LogP contribution in [0.3, 0.4) is 0 Å². The third kappa shape index (κ3) is 4.94. The van der Waals surface area contributed by atoms with Gasteiger partial charge in [-0.3, -0.25) is 4.40 Å². The van der Waals surface area contributed by atoms with Crippen molar-refractivity contribution in [2.45, 2.75) is 0 Å². The van der Waals surface area contributed by atoms with Gasteiger partial charge in [-0.2, -0.15) is 0 Å². The van der Waals surface area contributed by atoms with Crippen molar-refractivity contribution in [1.82, 2.24) is 9.38 Å². The molecule has 9 aromatic carbocycles. The molecule has 0 aliphatic heterocycles. The first-order valence-electron chi connectivity index (χ1n) is 20.0. The predicted molar refractivity (Wildman–Crippen MR) is 255 cm³/mol. The number of rotatable bonds is 4. The molecule has 0 radical (unpaired) electrons. The molecule has 0 bridgehead atoms. The molecule has 0 unspecified atom stereocenters. The molecule has 0 N–H and O–H groups in total. The van der Waals surface area contributed by atoms with Gasteiger partial charge in [0.15, 0.2) is 5.65 Å². The highest BCUT2D eigenvalue weighted by molar-refractivity contribution is 7.26. The lowest BCUT2D eigenvalue weighted by atomic mass is 9.91. The average molecular weight is 785 g/mol. The molecule has 4 heterocycles. The Morgan fingerprint density at radius 3 is 1.56 bits per heavy atom. The third-order valence-electron chi connectivity index (χ3n) is 12.2. The van der Waals surface area contributed by atoms with Crippen molar-refractivity contribution in [3.63, 3.8) is 0 Å². The molecule has 2 nitrogen and oxygen atoms in total. The zero-order valence-corrected chi connectivity index (χ0v) is 33.3. The number of benzene rings is 9. The monoisotopic (exact) mass is 784 g/mol. The molecule has 0 aliphatic rings. The van der Waals surface area contributed by atoms with Gasteiger partial charge in [0, 0.05) is 41.0 Å². The van der Waals surface area contributed by atoms with Gasteiger partial charge < -0.3 is 0 Å². The average Bonchev–Trinajstić information content (AvgIpc) is 4.01. The van der Waals surface area contributed by atoms with Crippen LogP contribution < -0.4 is 0 Å². The lowest BCUT2D eigenvalue weighted by Crippen LogP contribution is -1.93. The van der Waals surface area contributed by atoms with Gasteiger partial charge in [0.2, 0.25) is 0 Å². The van der Waals surface area contributed by atoms with Crippen LogP contribution in [0.1, 0.15) is 0 Å². The zero-order valence-electron chi connectivity index (χ0n) is 31.7. The van der Waals surface area contributed by atoms with Gasteiger partial charge in [-0.25, -0.2) is 4.98 Å². The van der Waals surface area contributed by atoms with Gasteiger partial charge in [0.25, 0.3) is 0 Å². The van der Waals surface area contributed by atoms with Crippen LogP contribution in [0.15, 0.2) is 194 Å². The zero-order chi connectivity index (χ0) is 38.6. The second-order valence-electron chi connectivity index (χ2n) is 15.4. The molecule has 0 fully saturated rings. The highest BCUT2D eigenvalue weighted by atomic mass is 32.1. The maximum Gasteiger partial charge on any atom is 0.156 e. The van der Waals surface area contributed by atoms with Crippen molar-refractivity contribution in [1.29, 1.82) is 0 Å². The van der Waals surface area contributed by atoms with Crippen molar-refractivity contribution in [3.8, 4) is 44.6 Å². The summed E-state index contributed by atoms with van der Waals surface area (Å²) < 4.78 is 7.57. The number of hydrogen-bond donors (Lipinski definition) is 0. The van der Waals surface area contributed by atoms with E-state index in [-0.39, 0.29) is 0 Å². The van der Waals surface area contributed by atoms with Crippen LogP contribution in [-0.2, 0) is 0 Å². The minimum atomic E-state index is 1.01. The van der Waals surface area contributed by atoms with Crippen molar-refractivity contribution in [2.75, 3.05) is 0 Å². The Morgan fingerprint density at radius 2 is 0.881 bits per heavy atom. The summed E-state index contributed by atoms with van der Waals surface area (Å²) in [5, 5.41) is 10.1. The van der Waals surface area contributed by atoms with Crippen molar-refractivity contribution < 1.29 is 0 Å². The van der Waals surface area contributed by atoms with E-state index < -0.39 is 0 Å². The van der Waals surface area contributed by atoms with Gasteiger partial charge in [0.1, 0.15) is 0 Å². The largest absolute Gasteiger partial charge is 0.291 e. The predicted octanol–water partition coefficient (Wildman–Crippen LogP) is 16.2. The van der Waals surface area contributed by atoms with Crippen LogP contribution in [0.25, 0.3) is 123 Å². The maximum absolute atomic E-state index is 5.40. The summed E-state index contributed by atoms with van der Waals surface area (Å²) in [7, 11) is 0. The Kier molecular flexibility index (Phi) is 7.08. The number of fused-ring (bicyclic) bond motifs is 13. The van der Waals surface area contributed by atoms with Gasteiger partial charge in [0.05, 0.1) is 21.4 Å². The topological polar surface area (TPSA) is 17.3 Å². The minimum Gasteiger partial charge on any atom is -0.291 e. The van der Waals surface area contributed by atoms with Crippen LogP contribution >= 0.6 is 22.7 Å². The third-order valence-corrected chi connectivity index (χ3v) is 14.6. The first-order valence-corrected chi connectivity index (χ1v) is 21.7. The fourth-order valence-corrected chi connectivity index (χ4v) is 11.8. The molecule has 13 aromatic rings. The standard InChI is InChI=1S/C55H32N2S2/c1-2-11-40-33(10-1)28-31-48-52(40)56-55-54-47(45-15-6-8-19-51(45)59-54)32-49(57(48)55)37-26-24-35(25-27-37)39-30-29-38(42-12-3-4-13-43(39)42)34-20-22-36(23-21-34)41-16-9-17-46-44-14-5-7-18-50(44)58-53(41)46/h1-32H. The molecule has 59 heavy (non-hydrogen) atoms. The van der Waals surface area contributed by atoms with E-state index in [0.717, 1.165) is 27.9 Å². The van der Waals surface area contributed by atoms with E-state index in [2.05, 4.69) is 199 Å². The SMILES string of the molecule is c1ccc2c(c1)ccc1c2nc2c3sc4ccccc4c3cc(-c3ccc(-c4ccc(-c5ccc(-c6cccc7c6sc6ccccc67)cc5)c5ccccc45)cc3)n12. The van der Waals surface area contributed by atoms with Crippen LogP contribution in [0, 0.1) is 0 Å². The first-order chi connectivity index (χ1) is 29.2. The van der Waals surface area contributed by atoms with E-state index in [4.69, 9.17) is 4.98 Å². The van der Waals surface area contributed by atoms with Crippen LogP contribution in [0.2, 0.25) is 0 Å². The molecule has 4 aromatic heterocycles. The van der Waals surface area contributed by atoms with Crippen LogP contribution in [-0.4, -0.2) is 9.38 Å². The van der Waals surface area contributed by atoms with Crippen molar-refractivity contribution in [3.05, 3.63) is 194 Å². The van der Waals surface area contributed by atoms with E-state index in [9.17, 15) is 0 Å². The van der Waals surface area contributed by atoms with E-state index >= 15 is 0 Å². The summed E-state index contributed by atoms with van der Waals surface area (Å²) in [6.45, 7) is 0. The van der Waals surface area contributed by atoms with Gasteiger partial charge in [-0.15, -0.1) is 22.7 Å².